The maximum absolute atomic E-state index is 10.6. The molecule has 1 heterocycles. The highest BCUT2D eigenvalue weighted by molar-refractivity contribution is 6.36. The third kappa shape index (κ3) is 3.45. The highest BCUT2D eigenvalue weighted by Gasteiger charge is 2.13. The van der Waals surface area contributed by atoms with Gasteiger partial charge in [-0.25, -0.2) is 9.97 Å². The van der Waals surface area contributed by atoms with Crippen molar-refractivity contribution in [2.75, 3.05) is 0 Å². The van der Waals surface area contributed by atoms with Crippen molar-refractivity contribution in [1.82, 2.24) is 9.97 Å². The molecule has 1 atom stereocenters. The maximum atomic E-state index is 10.6. The van der Waals surface area contributed by atoms with Crippen LogP contribution in [0.4, 0.5) is 0 Å². The van der Waals surface area contributed by atoms with Gasteiger partial charge in [-0.3, -0.25) is 4.79 Å². The molecule has 0 saturated carbocycles. The Morgan fingerprint density at radius 2 is 1.95 bits per heavy atom. The molecule has 7 heteroatoms. The lowest BCUT2D eigenvalue weighted by molar-refractivity contribution is -0.137. The molecule has 2 rings (SSSR count). The summed E-state index contributed by atoms with van der Waals surface area (Å²) in [7, 11) is 0. The van der Waals surface area contributed by atoms with Crippen molar-refractivity contribution >= 4 is 29.2 Å². The Kier molecular flexibility index (Phi) is 4.54. The van der Waals surface area contributed by atoms with Gasteiger partial charge in [0.1, 0.15) is 0 Å². The van der Waals surface area contributed by atoms with Crippen LogP contribution in [0.1, 0.15) is 18.0 Å². The highest BCUT2D eigenvalue weighted by atomic mass is 35.5. The zero-order valence-electron chi connectivity index (χ0n) is 10.3. The standard InChI is InChI=1S/C13H11Cl2N3O2/c14-8-1-2-9(10(15)3-8)13-17-5-7(6-18-13)11(16)4-12(19)20/h1-3,5-6,11H,4,16H2,(H,19,20)/t11-/m1/s1. The number of carbonyl (C=O) groups is 1. The lowest BCUT2D eigenvalue weighted by Crippen LogP contribution is -2.15. The van der Waals surface area contributed by atoms with E-state index >= 15 is 0 Å². The Bertz CT molecular complexity index is 632. The van der Waals surface area contributed by atoms with Crippen molar-refractivity contribution in [2.45, 2.75) is 12.5 Å². The van der Waals surface area contributed by atoms with Gasteiger partial charge in [-0.15, -0.1) is 0 Å². The van der Waals surface area contributed by atoms with Crippen LogP contribution in [0.15, 0.2) is 30.6 Å². The first-order chi connectivity index (χ1) is 9.47. The van der Waals surface area contributed by atoms with Gasteiger partial charge in [0.15, 0.2) is 5.82 Å². The van der Waals surface area contributed by atoms with Gasteiger partial charge in [0.05, 0.1) is 11.4 Å². The second-order valence-corrected chi connectivity index (χ2v) is 5.01. The second-order valence-electron chi connectivity index (χ2n) is 4.17. The van der Waals surface area contributed by atoms with Crippen molar-refractivity contribution in [2.24, 2.45) is 5.73 Å². The van der Waals surface area contributed by atoms with Crippen molar-refractivity contribution in [3.63, 3.8) is 0 Å². The number of hydrogen-bond acceptors (Lipinski definition) is 4. The van der Waals surface area contributed by atoms with Crippen LogP contribution in [0.25, 0.3) is 11.4 Å². The number of aliphatic carboxylic acids is 1. The molecule has 5 nitrogen and oxygen atoms in total. The molecule has 0 saturated heterocycles. The number of rotatable bonds is 4. The van der Waals surface area contributed by atoms with E-state index in [0.717, 1.165) is 0 Å². The number of nitrogens with two attached hydrogens (primary N) is 1. The summed E-state index contributed by atoms with van der Waals surface area (Å²) < 4.78 is 0. The maximum Gasteiger partial charge on any atom is 0.305 e. The van der Waals surface area contributed by atoms with Gasteiger partial charge < -0.3 is 10.8 Å². The number of benzene rings is 1. The topological polar surface area (TPSA) is 89.1 Å². The van der Waals surface area contributed by atoms with E-state index in [-0.39, 0.29) is 6.42 Å². The molecule has 104 valence electrons. The van der Waals surface area contributed by atoms with Crippen LogP contribution in [0, 0.1) is 0 Å². The fourth-order valence-corrected chi connectivity index (χ4v) is 2.14. The van der Waals surface area contributed by atoms with E-state index in [9.17, 15) is 4.79 Å². The number of carboxylic acids is 1. The molecule has 0 aliphatic rings. The van der Waals surface area contributed by atoms with Crippen LogP contribution >= 0.6 is 23.2 Å². The highest BCUT2D eigenvalue weighted by Crippen LogP contribution is 2.28. The van der Waals surface area contributed by atoms with Crippen molar-refractivity contribution in [3.8, 4) is 11.4 Å². The Hall–Kier alpha value is -1.69. The van der Waals surface area contributed by atoms with Gasteiger partial charge in [-0.05, 0) is 18.2 Å². The van der Waals surface area contributed by atoms with Crippen molar-refractivity contribution in [3.05, 3.63) is 46.2 Å². The van der Waals surface area contributed by atoms with E-state index in [2.05, 4.69) is 9.97 Å². The number of halogens is 2. The molecule has 0 fully saturated rings. The first-order valence-corrected chi connectivity index (χ1v) is 6.47. The first kappa shape index (κ1) is 14.7. The molecule has 0 aliphatic heterocycles. The smallest absolute Gasteiger partial charge is 0.305 e. The Morgan fingerprint density at radius 1 is 1.30 bits per heavy atom. The van der Waals surface area contributed by atoms with E-state index in [1.165, 1.54) is 12.4 Å². The Balaban J connectivity index is 2.25. The summed E-state index contributed by atoms with van der Waals surface area (Å²) in [5, 5.41) is 9.66. The Morgan fingerprint density at radius 3 is 2.50 bits per heavy atom. The molecular formula is C13H11Cl2N3O2. The molecule has 0 unspecified atom stereocenters. The average molecular weight is 312 g/mol. The molecule has 2 aromatic rings. The summed E-state index contributed by atoms with van der Waals surface area (Å²) in [4.78, 5) is 18.9. The van der Waals surface area contributed by atoms with E-state index < -0.39 is 12.0 Å². The predicted molar refractivity (Wildman–Crippen MR) is 76.7 cm³/mol. The van der Waals surface area contributed by atoms with Gasteiger partial charge in [-0.2, -0.15) is 0 Å². The normalized spacial score (nSPS) is 12.2. The number of aromatic nitrogens is 2. The third-order valence-corrected chi connectivity index (χ3v) is 3.21. The lowest BCUT2D eigenvalue weighted by atomic mass is 10.1. The van der Waals surface area contributed by atoms with Crippen LogP contribution in [-0.2, 0) is 4.79 Å². The van der Waals surface area contributed by atoms with E-state index in [0.29, 0.717) is 27.0 Å². The summed E-state index contributed by atoms with van der Waals surface area (Å²) in [6.07, 6.45) is 2.83. The third-order valence-electron chi connectivity index (χ3n) is 2.67. The summed E-state index contributed by atoms with van der Waals surface area (Å²) in [6.45, 7) is 0. The van der Waals surface area contributed by atoms with Gasteiger partial charge in [-0.1, -0.05) is 23.2 Å². The molecule has 0 radical (unpaired) electrons. The fourth-order valence-electron chi connectivity index (χ4n) is 1.65. The molecule has 20 heavy (non-hydrogen) atoms. The lowest BCUT2D eigenvalue weighted by Gasteiger charge is -2.09. The van der Waals surface area contributed by atoms with Gasteiger partial charge >= 0.3 is 5.97 Å². The van der Waals surface area contributed by atoms with Crippen LogP contribution in [-0.4, -0.2) is 21.0 Å². The molecule has 3 N–H and O–H groups in total. The van der Waals surface area contributed by atoms with Gasteiger partial charge in [0.2, 0.25) is 0 Å². The van der Waals surface area contributed by atoms with Crippen molar-refractivity contribution in [1.29, 1.82) is 0 Å². The van der Waals surface area contributed by atoms with E-state index in [1.54, 1.807) is 18.2 Å². The zero-order valence-corrected chi connectivity index (χ0v) is 11.8. The summed E-state index contributed by atoms with van der Waals surface area (Å²) in [6, 6.07) is 4.38. The molecule has 1 aromatic heterocycles. The monoisotopic (exact) mass is 311 g/mol. The molecule has 0 spiro atoms. The molecule has 0 bridgehead atoms. The number of hydrogen-bond donors (Lipinski definition) is 2. The van der Waals surface area contributed by atoms with E-state index in [1.807, 2.05) is 0 Å². The van der Waals surface area contributed by atoms with Crippen molar-refractivity contribution < 1.29 is 9.90 Å². The van der Waals surface area contributed by atoms with Gasteiger partial charge in [0, 0.05) is 34.6 Å². The molecule has 0 amide bonds. The zero-order chi connectivity index (χ0) is 14.7. The SMILES string of the molecule is N[C@H](CC(=O)O)c1cnc(-c2ccc(Cl)cc2Cl)nc1. The summed E-state index contributed by atoms with van der Waals surface area (Å²) in [5.74, 6) is -0.541. The van der Waals surface area contributed by atoms with Crippen LogP contribution in [0.5, 0.6) is 0 Å². The summed E-state index contributed by atoms with van der Waals surface area (Å²) >= 11 is 11.9. The summed E-state index contributed by atoms with van der Waals surface area (Å²) in [5.41, 5.74) is 6.93. The van der Waals surface area contributed by atoms with Crippen LogP contribution < -0.4 is 5.73 Å². The fraction of sp³-hybridized carbons (Fsp3) is 0.154. The van der Waals surface area contributed by atoms with Crippen LogP contribution in [0.2, 0.25) is 10.0 Å². The molecule has 0 aliphatic carbocycles. The second kappa shape index (κ2) is 6.17. The minimum Gasteiger partial charge on any atom is -0.481 e. The predicted octanol–water partition coefficient (Wildman–Crippen LogP) is 2.92. The Labute approximate surface area is 125 Å². The van der Waals surface area contributed by atoms with Crippen LogP contribution in [0.3, 0.4) is 0 Å². The quantitative estimate of drug-likeness (QED) is 0.906. The number of carboxylic acid groups (broad SMARTS) is 1. The van der Waals surface area contributed by atoms with E-state index in [4.69, 9.17) is 34.0 Å². The minimum absolute atomic E-state index is 0.176. The first-order valence-electron chi connectivity index (χ1n) is 5.72. The minimum atomic E-state index is -0.970. The number of nitrogens with zero attached hydrogens (tertiary/aromatic N) is 2. The molecule has 1 aromatic carbocycles. The largest absolute Gasteiger partial charge is 0.481 e. The average Bonchev–Trinajstić information content (AvgIpc) is 2.38. The molecular weight excluding hydrogens is 301 g/mol. The van der Waals surface area contributed by atoms with Gasteiger partial charge in [0.25, 0.3) is 0 Å².